The van der Waals surface area contributed by atoms with E-state index >= 15 is 0 Å². The maximum absolute atomic E-state index is 13.7. The molecule has 1 atom stereocenters. The topological polar surface area (TPSA) is 64.6 Å². The zero-order valence-corrected chi connectivity index (χ0v) is 17.1. The molecule has 0 aliphatic carbocycles. The second kappa shape index (κ2) is 8.99. The van der Waals surface area contributed by atoms with Crippen LogP contribution in [0.2, 0.25) is 0 Å². The second-order valence-electron chi connectivity index (χ2n) is 6.26. The maximum atomic E-state index is 13.7. The second-order valence-corrected chi connectivity index (χ2v) is 7.17. The molecule has 0 aromatic heterocycles. The van der Waals surface area contributed by atoms with Gasteiger partial charge in [-0.3, -0.25) is 4.79 Å². The molecule has 0 aliphatic heterocycles. The minimum absolute atomic E-state index is 0.0711. The molecule has 27 heavy (non-hydrogen) atoms. The number of ether oxygens (including phenoxy) is 2. The first-order valence-electron chi connectivity index (χ1n) is 8.33. The van der Waals surface area contributed by atoms with Crippen LogP contribution in [0.4, 0.5) is 10.1 Å². The molecule has 0 spiro atoms. The van der Waals surface area contributed by atoms with Gasteiger partial charge in [-0.25, -0.2) is 9.18 Å². The van der Waals surface area contributed by atoms with Crippen LogP contribution in [0.5, 0.6) is 5.75 Å². The molecule has 0 bridgehead atoms. The number of halogens is 2. The minimum Gasteiger partial charge on any atom is -0.479 e. The highest BCUT2D eigenvalue weighted by Gasteiger charge is 2.20. The van der Waals surface area contributed by atoms with Crippen molar-refractivity contribution in [2.75, 3.05) is 11.9 Å². The summed E-state index contributed by atoms with van der Waals surface area (Å²) in [6.07, 6.45) is -1.02. The molecule has 0 saturated carbocycles. The SMILES string of the molecule is Cc1cc(C)c(NC(=O)C(C)OC(=O)COc2ccc(Br)cc2F)c(C)c1. The third-order valence-corrected chi connectivity index (χ3v) is 4.34. The summed E-state index contributed by atoms with van der Waals surface area (Å²) in [6, 6.07) is 8.13. The van der Waals surface area contributed by atoms with Gasteiger partial charge in [0.05, 0.1) is 0 Å². The third kappa shape index (κ3) is 5.79. The lowest BCUT2D eigenvalue weighted by Gasteiger charge is -2.17. The summed E-state index contributed by atoms with van der Waals surface area (Å²) in [4.78, 5) is 24.2. The van der Waals surface area contributed by atoms with Gasteiger partial charge in [0.2, 0.25) is 0 Å². The number of hydrogen-bond donors (Lipinski definition) is 1. The molecule has 0 radical (unpaired) electrons. The summed E-state index contributed by atoms with van der Waals surface area (Å²) in [6.45, 7) is 6.73. The van der Waals surface area contributed by atoms with Crippen molar-refractivity contribution in [3.8, 4) is 5.75 Å². The first-order chi connectivity index (χ1) is 12.7. The standard InChI is InChI=1S/C20H21BrFNO4/c1-11-7-12(2)19(13(3)8-11)23-20(25)14(4)27-18(24)10-26-17-6-5-15(21)9-16(17)22/h5-9,14H,10H2,1-4H3,(H,23,25). The van der Waals surface area contributed by atoms with E-state index in [1.54, 1.807) is 6.07 Å². The minimum atomic E-state index is -1.02. The van der Waals surface area contributed by atoms with Crippen molar-refractivity contribution in [2.24, 2.45) is 0 Å². The van der Waals surface area contributed by atoms with Crippen molar-refractivity contribution in [2.45, 2.75) is 33.8 Å². The number of anilines is 1. The molecule has 144 valence electrons. The van der Waals surface area contributed by atoms with E-state index in [1.165, 1.54) is 19.1 Å². The smallest absolute Gasteiger partial charge is 0.344 e. The Hall–Kier alpha value is -2.41. The Kier molecular flexibility index (Phi) is 6.96. The third-order valence-electron chi connectivity index (χ3n) is 3.84. The number of aryl methyl sites for hydroxylation is 3. The van der Waals surface area contributed by atoms with Gasteiger partial charge in [0, 0.05) is 10.2 Å². The molecule has 0 heterocycles. The Labute approximate surface area is 166 Å². The fourth-order valence-electron chi connectivity index (χ4n) is 2.62. The van der Waals surface area contributed by atoms with E-state index in [2.05, 4.69) is 21.2 Å². The van der Waals surface area contributed by atoms with Crippen LogP contribution >= 0.6 is 15.9 Å². The van der Waals surface area contributed by atoms with Gasteiger partial charge >= 0.3 is 5.97 Å². The van der Waals surface area contributed by atoms with Crippen LogP contribution in [0.15, 0.2) is 34.8 Å². The van der Waals surface area contributed by atoms with E-state index in [-0.39, 0.29) is 5.75 Å². The van der Waals surface area contributed by atoms with Crippen molar-refractivity contribution in [1.82, 2.24) is 0 Å². The molecule has 1 amide bonds. The van der Waals surface area contributed by atoms with Crippen molar-refractivity contribution < 1.29 is 23.5 Å². The molecule has 0 fully saturated rings. The first-order valence-corrected chi connectivity index (χ1v) is 9.12. The number of amides is 1. The van der Waals surface area contributed by atoms with E-state index in [9.17, 15) is 14.0 Å². The maximum Gasteiger partial charge on any atom is 0.344 e. The Bertz CT molecular complexity index is 846. The van der Waals surface area contributed by atoms with E-state index in [0.717, 1.165) is 16.7 Å². The number of benzene rings is 2. The highest BCUT2D eigenvalue weighted by Crippen LogP contribution is 2.23. The van der Waals surface area contributed by atoms with Gasteiger partial charge in [-0.2, -0.15) is 0 Å². The van der Waals surface area contributed by atoms with E-state index in [0.29, 0.717) is 10.2 Å². The predicted octanol–water partition coefficient (Wildman–Crippen LogP) is 4.46. The number of rotatable bonds is 6. The van der Waals surface area contributed by atoms with Crippen LogP contribution in [0.1, 0.15) is 23.6 Å². The molecule has 2 aromatic carbocycles. The van der Waals surface area contributed by atoms with Gasteiger partial charge in [-0.1, -0.05) is 33.6 Å². The highest BCUT2D eigenvalue weighted by molar-refractivity contribution is 9.10. The van der Waals surface area contributed by atoms with E-state index in [4.69, 9.17) is 9.47 Å². The Balaban J connectivity index is 1.91. The van der Waals surface area contributed by atoms with Gasteiger partial charge in [-0.05, 0) is 57.0 Å². The average Bonchev–Trinajstić information content (AvgIpc) is 2.57. The summed E-state index contributed by atoms with van der Waals surface area (Å²) in [7, 11) is 0. The molecule has 0 saturated heterocycles. The molecular formula is C20H21BrFNO4. The van der Waals surface area contributed by atoms with Crippen molar-refractivity contribution in [3.63, 3.8) is 0 Å². The molecular weight excluding hydrogens is 417 g/mol. The monoisotopic (exact) mass is 437 g/mol. The number of hydrogen-bond acceptors (Lipinski definition) is 4. The van der Waals surface area contributed by atoms with Crippen molar-refractivity contribution in [3.05, 3.63) is 57.3 Å². The number of carbonyl (C=O) groups is 2. The van der Waals surface area contributed by atoms with Crippen LogP contribution in [0, 0.1) is 26.6 Å². The lowest BCUT2D eigenvalue weighted by Crippen LogP contribution is -2.32. The first kappa shape index (κ1) is 20.9. The number of nitrogens with one attached hydrogen (secondary N) is 1. The lowest BCUT2D eigenvalue weighted by molar-refractivity contribution is -0.155. The molecule has 5 nitrogen and oxygen atoms in total. The average molecular weight is 438 g/mol. The highest BCUT2D eigenvalue weighted by atomic mass is 79.9. The lowest BCUT2D eigenvalue weighted by atomic mass is 10.0. The van der Waals surface area contributed by atoms with Crippen molar-refractivity contribution in [1.29, 1.82) is 0 Å². The van der Waals surface area contributed by atoms with Crippen LogP contribution in [0.3, 0.4) is 0 Å². The zero-order valence-electron chi connectivity index (χ0n) is 15.6. The Morgan fingerprint density at radius 2 is 1.78 bits per heavy atom. The summed E-state index contributed by atoms with van der Waals surface area (Å²) in [5.41, 5.74) is 3.64. The Morgan fingerprint density at radius 1 is 1.15 bits per heavy atom. The van der Waals surface area contributed by atoms with Gasteiger partial charge in [0.15, 0.2) is 24.3 Å². The summed E-state index contributed by atoms with van der Waals surface area (Å²) in [5.74, 6) is -1.89. The quantitative estimate of drug-likeness (QED) is 0.677. The number of esters is 1. The van der Waals surface area contributed by atoms with Crippen LogP contribution in [-0.2, 0) is 14.3 Å². The van der Waals surface area contributed by atoms with E-state index < -0.39 is 30.4 Å². The predicted molar refractivity (Wildman–Crippen MR) is 104 cm³/mol. The zero-order chi connectivity index (χ0) is 20.1. The van der Waals surface area contributed by atoms with Crippen molar-refractivity contribution >= 4 is 33.5 Å². The molecule has 0 aliphatic rings. The fourth-order valence-corrected chi connectivity index (χ4v) is 2.95. The molecule has 1 unspecified atom stereocenters. The van der Waals surface area contributed by atoms with Crippen LogP contribution < -0.4 is 10.1 Å². The van der Waals surface area contributed by atoms with Gasteiger partial charge < -0.3 is 14.8 Å². The van der Waals surface area contributed by atoms with Gasteiger partial charge in [0.1, 0.15) is 0 Å². The summed E-state index contributed by atoms with van der Waals surface area (Å²) >= 11 is 3.13. The fraction of sp³-hybridized carbons (Fsp3) is 0.300. The van der Waals surface area contributed by atoms with Crippen LogP contribution in [-0.4, -0.2) is 24.6 Å². The molecule has 2 aromatic rings. The molecule has 2 rings (SSSR count). The molecule has 1 N–H and O–H groups in total. The van der Waals surface area contributed by atoms with Gasteiger partial charge in [0.25, 0.3) is 5.91 Å². The summed E-state index contributed by atoms with van der Waals surface area (Å²) in [5, 5.41) is 2.78. The molecule has 7 heteroatoms. The van der Waals surface area contributed by atoms with E-state index in [1.807, 2.05) is 32.9 Å². The Morgan fingerprint density at radius 3 is 2.37 bits per heavy atom. The van der Waals surface area contributed by atoms with Gasteiger partial charge in [-0.15, -0.1) is 0 Å². The summed E-state index contributed by atoms with van der Waals surface area (Å²) < 4.78 is 24.4. The number of carbonyl (C=O) groups excluding carboxylic acids is 2. The normalized spacial score (nSPS) is 11.6. The largest absolute Gasteiger partial charge is 0.479 e. The van der Waals surface area contributed by atoms with Crippen LogP contribution in [0.25, 0.3) is 0 Å².